The first-order chi connectivity index (χ1) is 11.5. The fourth-order valence-electron chi connectivity index (χ4n) is 2.25. The Morgan fingerprint density at radius 2 is 2.04 bits per heavy atom. The number of aliphatic hydroxyl groups is 1. The minimum atomic E-state index is -0.316. The van der Waals surface area contributed by atoms with Gasteiger partial charge in [0.05, 0.1) is 27.1 Å². The fourth-order valence-corrected chi connectivity index (χ4v) is 3.51. The van der Waals surface area contributed by atoms with Crippen molar-refractivity contribution < 1.29 is 14.7 Å². The van der Waals surface area contributed by atoms with Crippen molar-refractivity contribution in [3.63, 3.8) is 0 Å². The molecule has 1 heterocycles. The highest BCUT2D eigenvalue weighted by molar-refractivity contribution is 7.18. The van der Waals surface area contributed by atoms with Gasteiger partial charge in [-0.25, -0.2) is 0 Å². The molecule has 2 aromatic rings. The number of carbonyl (C=O) groups is 2. The predicted molar refractivity (Wildman–Crippen MR) is 97.1 cm³/mol. The smallest absolute Gasteiger partial charge is 0.264 e. The first-order valence-corrected chi connectivity index (χ1v) is 8.73. The molecule has 7 heteroatoms. The number of likely N-dealkylation sites (N-methyl/N-ethyl adjacent to an activating group) is 1. The Hall–Kier alpha value is -1.89. The minimum Gasteiger partial charge on any atom is -0.395 e. The normalized spacial score (nSPS) is 10.5. The Morgan fingerprint density at radius 1 is 1.33 bits per heavy atom. The second kappa shape index (κ2) is 8.28. The number of hydrogen-bond donors (Lipinski definition) is 2. The van der Waals surface area contributed by atoms with Crippen molar-refractivity contribution in [3.05, 3.63) is 51.4 Å². The number of halogens is 1. The standard InChI is InChI=1S/C17H19ClN2O3S/c1-3-20(8-9-21)17(23)15-11(2)10-14(24-15)19-16(22)12-6-4-5-7-13(12)18/h4-7,10,21H,3,8-9H2,1-2H3,(H,19,22). The van der Waals surface area contributed by atoms with Crippen LogP contribution in [-0.2, 0) is 0 Å². The molecule has 2 N–H and O–H groups in total. The molecule has 2 rings (SSSR count). The lowest BCUT2D eigenvalue weighted by atomic mass is 10.2. The quantitative estimate of drug-likeness (QED) is 0.823. The van der Waals surface area contributed by atoms with Gasteiger partial charge >= 0.3 is 0 Å². The lowest BCUT2D eigenvalue weighted by Gasteiger charge is -2.19. The highest BCUT2D eigenvalue weighted by Crippen LogP contribution is 2.29. The van der Waals surface area contributed by atoms with Crippen LogP contribution in [0.5, 0.6) is 0 Å². The second-order valence-electron chi connectivity index (χ2n) is 5.17. The van der Waals surface area contributed by atoms with Crippen LogP contribution in [0.3, 0.4) is 0 Å². The molecular weight excluding hydrogens is 348 g/mol. The molecule has 2 amide bonds. The molecule has 1 aromatic heterocycles. The number of aliphatic hydroxyl groups excluding tert-OH is 1. The molecule has 5 nitrogen and oxygen atoms in total. The Labute approximate surface area is 149 Å². The van der Waals surface area contributed by atoms with E-state index in [-0.39, 0.29) is 25.0 Å². The van der Waals surface area contributed by atoms with Gasteiger partial charge < -0.3 is 15.3 Å². The topological polar surface area (TPSA) is 69.6 Å². The molecular formula is C17H19ClN2O3S. The molecule has 0 bridgehead atoms. The summed E-state index contributed by atoms with van der Waals surface area (Å²) < 4.78 is 0. The van der Waals surface area contributed by atoms with Crippen LogP contribution in [-0.4, -0.2) is 41.5 Å². The molecule has 0 saturated heterocycles. The van der Waals surface area contributed by atoms with Crippen LogP contribution in [0.2, 0.25) is 5.02 Å². The number of rotatable bonds is 6. The number of carbonyl (C=O) groups excluding carboxylic acids is 2. The number of nitrogens with zero attached hydrogens (tertiary/aromatic N) is 1. The minimum absolute atomic E-state index is 0.0832. The van der Waals surface area contributed by atoms with Gasteiger partial charge in [0.1, 0.15) is 0 Å². The van der Waals surface area contributed by atoms with Gasteiger partial charge in [0.25, 0.3) is 11.8 Å². The average molecular weight is 367 g/mol. The number of benzene rings is 1. The van der Waals surface area contributed by atoms with Crippen LogP contribution in [0, 0.1) is 6.92 Å². The summed E-state index contributed by atoms with van der Waals surface area (Å²) in [5.74, 6) is -0.462. The fraction of sp³-hybridized carbons (Fsp3) is 0.294. The molecule has 0 spiro atoms. The van der Waals surface area contributed by atoms with Crippen LogP contribution in [0.1, 0.15) is 32.5 Å². The van der Waals surface area contributed by atoms with Crippen molar-refractivity contribution in [1.29, 1.82) is 0 Å². The number of nitrogens with one attached hydrogen (secondary N) is 1. The van der Waals surface area contributed by atoms with E-state index in [4.69, 9.17) is 16.7 Å². The number of anilines is 1. The number of hydrogen-bond acceptors (Lipinski definition) is 4. The molecule has 0 saturated carbocycles. The zero-order valence-corrected chi connectivity index (χ0v) is 15.1. The first kappa shape index (κ1) is 18.4. The second-order valence-corrected chi connectivity index (χ2v) is 6.62. The first-order valence-electron chi connectivity index (χ1n) is 7.54. The van der Waals surface area contributed by atoms with Crippen molar-refractivity contribution in [3.8, 4) is 0 Å². The van der Waals surface area contributed by atoms with E-state index in [1.807, 2.05) is 13.8 Å². The van der Waals surface area contributed by atoms with E-state index in [2.05, 4.69) is 5.32 Å². The maximum atomic E-state index is 12.5. The van der Waals surface area contributed by atoms with Crippen LogP contribution in [0.25, 0.3) is 0 Å². The zero-order valence-electron chi connectivity index (χ0n) is 13.5. The molecule has 1 aromatic carbocycles. The molecule has 0 unspecified atom stereocenters. The average Bonchev–Trinajstić information content (AvgIpc) is 2.92. The molecule has 0 aliphatic heterocycles. The van der Waals surface area contributed by atoms with Gasteiger partial charge in [-0.1, -0.05) is 23.7 Å². The molecule has 0 aliphatic rings. The van der Waals surface area contributed by atoms with E-state index < -0.39 is 0 Å². The van der Waals surface area contributed by atoms with Crippen molar-refractivity contribution in [2.45, 2.75) is 13.8 Å². The van der Waals surface area contributed by atoms with Crippen molar-refractivity contribution >= 4 is 39.8 Å². The Bertz CT molecular complexity index is 745. The van der Waals surface area contributed by atoms with Gasteiger partial charge in [-0.2, -0.15) is 0 Å². The van der Waals surface area contributed by atoms with Crippen molar-refractivity contribution in [2.75, 3.05) is 25.0 Å². The monoisotopic (exact) mass is 366 g/mol. The van der Waals surface area contributed by atoms with Crippen LogP contribution in [0.15, 0.2) is 30.3 Å². The molecule has 128 valence electrons. The van der Waals surface area contributed by atoms with Crippen molar-refractivity contribution in [2.24, 2.45) is 0 Å². The van der Waals surface area contributed by atoms with E-state index in [1.165, 1.54) is 11.3 Å². The summed E-state index contributed by atoms with van der Waals surface area (Å²) in [6.07, 6.45) is 0. The third kappa shape index (κ3) is 4.14. The van der Waals surface area contributed by atoms with E-state index >= 15 is 0 Å². The van der Waals surface area contributed by atoms with E-state index in [1.54, 1.807) is 35.2 Å². The van der Waals surface area contributed by atoms with Crippen molar-refractivity contribution in [1.82, 2.24) is 4.90 Å². The SMILES string of the molecule is CCN(CCO)C(=O)c1sc(NC(=O)c2ccccc2Cl)cc1C. The van der Waals surface area contributed by atoms with Gasteiger partial charge in [0.15, 0.2) is 0 Å². The molecule has 0 radical (unpaired) electrons. The van der Waals surface area contributed by atoms with E-state index in [0.29, 0.717) is 27.0 Å². The Kier molecular flexibility index (Phi) is 6.36. The summed E-state index contributed by atoms with van der Waals surface area (Å²) in [7, 11) is 0. The third-order valence-electron chi connectivity index (χ3n) is 3.51. The zero-order chi connectivity index (χ0) is 17.7. The maximum Gasteiger partial charge on any atom is 0.264 e. The Morgan fingerprint density at radius 3 is 2.67 bits per heavy atom. The summed E-state index contributed by atoms with van der Waals surface area (Å²) in [4.78, 5) is 26.9. The Balaban J connectivity index is 2.18. The maximum absolute atomic E-state index is 12.5. The number of thiophene rings is 1. The summed E-state index contributed by atoms with van der Waals surface area (Å²) >= 11 is 7.24. The van der Waals surface area contributed by atoms with Crippen LogP contribution >= 0.6 is 22.9 Å². The van der Waals surface area contributed by atoms with Gasteiger partial charge in [-0.15, -0.1) is 11.3 Å². The van der Waals surface area contributed by atoms with Gasteiger partial charge in [-0.3, -0.25) is 9.59 Å². The number of aryl methyl sites for hydroxylation is 1. The van der Waals surface area contributed by atoms with Gasteiger partial charge in [0.2, 0.25) is 0 Å². The lowest BCUT2D eigenvalue weighted by molar-refractivity contribution is 0.0736. The van der Waals surface area contributed by atoms with E-state index in [0.717, 1.165) is 5.56 Å². The summed E-state index contributed by atoms with van der Waals surface area (Å²) in [6, 6.07) is 8.55. The lowest BCUT2D eigenvalue weighted by Crippen LogP contribution is -2.33. The third-order valence-corrected chi connectivity index (χ3v) is 4.98. The summed E-state index contributed by atoms with van der Waals surface area (Å²) in [5.41, 5.74) is 1.17. The van der Waals surface area contributed by atoms with Gasteiger partial charge in [-0.05, 0) is 37.6 Å². The molecule has 24 heavy (non-hydrogen) atoms. The predicted octanol–water partition coefficient (Wildman–Crippen LogP) is 3.42. The highest BCUT2D eigenvalue weighted by Gasteiger charge is 2.20. The van der Waals surface area contributed by atoms with Crippen LogP contribution in [0.4, 0.5) is 5.00 Å². The summed E-state index contributed by atoms with van der Waals surface area (Å²) in [6.45, 7) is 4.39. The number of amides is 2. The highest BCUT2D eigenvalue weighted by atomic mass is 35.5. The van der Waals surface area contributed by atoms with Crippen LogP contribution < -0.4 is 5.32 Å². The molecule has 0 atom stereocenters. The molecule has 0 fully saturated rings. The molecule has 0 aliphatic carbocycles. The van der Waals surface area contributed by atoms with Gasteiger partial charge in [0, 0.05) is 13.1 Å². The largest absolute Gasteiger partial charge is 0.395 e. The van der Waals surface area contributed by atoms with E-state index in [9.17, 15) is 9.59 Å². The summed E-state index contributed by atoms with van der Waals surface area (Å²) in [5, 5.41) is 12.8.